The number of hydrogen-bond acceptors (Lipinski definition) is 5. The largest absolute Gasteiger partial charge is 0.503 e. The number of ether oxygens (including phenoxy) is 1. The molecular formula is C28H22BrNO5. The van der Waals surface area contributed by atoms with Crippen LogP contribution in [-0.4, -0.2) is 23.4 Å². The SMILES string of the molecule is CCOc1ccc(C2C(C(=O)c3cc4cc(Br)ccc4o3)=C(O)C(=O)N2c2ccccc2C)cc1. The standard InChI is InChI=1S/C28H22BrNO5/c1-3-34-20-11-8-17(9-12-20)25-24(26(31)23-15-18-14-19(29)10-13-22(18)35-23)27(32)28(33)30(25)21-7-5-4-6-16(21)2/h4-15,25,32H,3H2,1-2H3. The smallest absolute Gasteiger partial charge is 0.294 e. The molecule has 5 rings (SSSR count). The van der Waals surface area contributed by atoms with Crippen molar-refractivity contribution >= 4 is 44.3 Å². The molecule has 4 aromatic rings. The molecule has 1 N–H and O–H groups in total. The van der Waals surface area contributed by atoms with Gasteiger partial charge in [-0.25, -0.2) is 0 Å². The molecule has 1 amide bonds. The van der Waals surface area contributed by atoms with Crippen molar-refractivity contribution in [1.29, 1.82) is 0 Å². The second-order valence-corrected chi connectivity index (χ2v) is 9.17. The van der Waals surface area contributed by atoms with E-state index >= 15 is 0 Å². The fourth-order valence-electron chi connectivity index (χ4n) is 4.41. The first-order valence-electron chi connectivity index (χ1n) is 11.2. The highest BCUT2D eigenvalue weighted by Gasteiger charge is 2.45. The Morgan fingerprint density at radius 3 is 2.54 bits per heavy atom. The van der Waals surface area contributed by atoms with Gasteiger partial charge in [0.15, 0.2) is 11.5 Å². The zero-order valence-electron chi connectivity index (χ0n) is 19.1. The van der Waals surface area contributed by atoms with Gasteiger partial charge in [-0.05, 0) is 67.4 Å². The highest BCUT2D eigenvalue weighted by atomic mass is 79.9. The number of carbonyl (C=O) groups excluding carboxylic acids is 2. The molecule has 0 saturated carbocycles. The number of Topliss-reactive ketones (excluding diaryl/α,β-unsaturated/α-hetero) is 1. The van der Waals surface area contributed by atoms with Crippen LogP contribution in [0, 0.1) is 6.92 Å². The van der Waals surface area contributed by atoms with Crippen molar-refractivity contribution in [3.8, 4) is 5.75 Å². The Hall–Kier alpha value is -3.84. The van der Waals surface area contributed by atoms with Crippen LogP contribution in [0.1, 0.15) is 34.6 Å². The Bertz CT molecular complexity index is 1490. The minimum absolute atomic E-state index is 0.0273. The first kappa shape index (κ1) is 22.9. The molecule has 0 fully saturated rings. The van der Waals surface area contributed by atoms with E-state index in [-0.39, 0.29) is 11.3 Å². The van der Waals surface area contributed by atoms with E-state index in [1.807, 2.05) is 44.2 Å². The maximum absolute atomic E-state index is 13.7. The van der Waals surface area contributed by atoms with Crippen molar-refractivity contribution in [3.05, 3.63) is 105 Å². The third kappa shape index (κ3) is 4.02. The van der Waals surface area contributed by atoms with E-state index < -0.39 is 23.5 Å². The summed E-state index contributed by atoms with van der Waals surface area (Å²) in [6, 6.07) is 20.7. The first-order valence-corrected chi connectivity index (χ1v) is 12.0. The first-order chi connectivity index (χ1) is 16.9. The van der Waals surface area contributed by atoms with Crippen LogP contribution in [0.2, 0.25) is 0 Å². The van der Waals surface area contributed by atoms with Crippen LogP contribution < -0.4 is 9.64 Å². The van der Waals surface area contributed by atoms with Gasteiger partial charge in [0.2, 0.25) is 5.78 Å². The topological polar surface area (TPSA) is 80.0 Å². The minimum atomic E-state index is -0.841. The summed E-state index contributed by atoms with van der Waals surface area (Å²) in [5, 5.41) is 11.7. The van der Waals surface area contributed by atoms with Crippen molar-refractivity contribution in [1.82, 2.24) is 0 Å². The number of benzene rings is 3. The molecule has 0 aliphatic carbocycles. The van der Waals surface area contributed by atoms with Gasteiger partial charge in [-0.2, -0.15) is 0 Å². The maximum atomic E-state index is 13.7. The summed E-state index contributed by atoms with van der Waals surface area (Å²) >= 11 is 3.42. The number of aliphatic hydroxyl groups is 1. The van der Waals surface area contributed by atoms with Crippen LogP contribution in [0.4, 0.5) is 5.69 Å². The van der Waals surface area contributed by atoms with Crippen molar-refractivity contribution in [2.45, 2.75) is 19.9 Å². The lowest BCUT2D eigenvalue weighted by Gasteiger charge is -2.28. The number of fused-ring (bicyclic) bond motifs is 1. The molecule has 6 nitrogen and oxygen atoms in total. The number of amides is 1. The quantitative estimate of drug-likeness (QED) is 0.280. The Labute approximate surface area is 210 Å². The zero-order chi connectivity index (χ0) is 24.7. The molecule has 1 aromatic heterocycles. The number of carbonyl (C=O) groups is 2. The summed E-state index contributed by atoms with van der Waals surface area (Å²) in [5.74, 6) is -1.04. The van der Waals surface area contributed by atoms with Crippen LogP contribution in [-0.2, 0) is 4.79 Å². The van der Waals surface area contributed by atoms with E-state index in [1.54, 1.807) is 42.5 Å². The van der Waals surface area contributed by atoms with E-state index in [1.165, 1.54) is 4.90 Å². The van der Waals surface area contributed by atoms with Gasteiger partial charge >= 0.3 is 0 Å². The average Bonchev–Trinajstić information content (AvgIpc) is 3.38. The van der Waals surface area contributed by atoms with Gasteiger partial charge in [0.05, 0.1) is 18.2 Å². The van der Waals surface area contributed by atoms with Gasteiger partial charge in [-0.15, -0.1) is 0 Å². The van der Waals surface area contributed by atoms with Gasteiger partial charge in [0.25, 0.3) is 5.91 Å². The van der Waals surface area contributed by atoms with E-state index in [4.69, 9.17) is 9.15 Å². The number of para-hydroxylation sites is 1. The maximum Gasteiger partial charge on any atom is 0.294 e. The van der Waals surface area contributed by atoms with Crippen LogP contribution in [0.3, 0.4) is 0 Å². The van der Waals surface area contributed by atoms with E-state index in [0.29, 0.717) is 29.2 Å². The van der Waals surface area contributed by atoms with Crippen molar-refractivity contribution in [3.63, 3.8) is 0 Å². The summed E-state index contributed by atoms with van der Waals surface area (Å²) < 4.78 is 12.2. The number of halogens is 1. The summed E-state index contributed by atoms with van der Waals surface area (Å²) in [6.07, 6.45) is 0. The van der Waals surface area contributed by atoms with Gasteiger partial charge in [0.1, 0.15) is 11.3 Å². The van der Waals surface area contributed by atoms with E-state index in [9.17, 15) is 14.7 Å². The second-order valence-electron chi connectivity index (χ2n) is 8.25. The molecule has 0 bridgehead atoms. The molecule has 2 heterocycles. The lowest BCUT2D eigenvalue weighted by atomic mass is 9.94. The number of ketones is 1. The molecule has 35 heavy (non-hydrogen) atoms. The van der Waals surface area contributed by atoms with Gasteiger partial charge in [0, 0.05) is 15.5 Å². The fraction of sp³-hybridized carbons (Fsp3) is 0.143. The molecule has 7 heteroatoms. The van der Waals surface area contributed by atoms with Crippen molar-refractivity contribution in [2.75, 3.05) is 11.5 Å². The number of hydrogen-bond donors (Lipinski definition) is 1. The summed E-state index contributed by atoms with van der Waals surface area (Å²) in [4.78, 5) is 28.6. The summed E-state index contributed by atoms with van der Waals surface area (Å²) in [6.45, 7) is 4.29. The molecule has 176 valence electrons. The summed E-state index contributed by atoms with van der Waals surface area (Å²) in [5.41, 5.74) is 2.62. The van der Waals surface area contributed by atoms with Crippen LogP contribution in [0.5, 0.6) is 5.75 Å². The average molecular weight is 532 g/mol. The number of nitrogens with zero attached hydrogens (tertiary/aromatic N) is 1. The molecule has 1 aliphatic rings. The second kappa shape index (κ2) is 9.07. The van der Waals surface area contributed by atoms with Crippen molar-refractivity contribution in [2.24, 2.45) is 0 Å². The third-order valence-corrected chi connectivity index (χ3v) is 6.53. The lowest BCUT2D eigenvalue weighted by molar-refractivity contribution is -0.117. The van der Waals surface area contributed by atoms with Gasteiger partial charge in [-0.3, -0.25) is 14.5 Å². The van der Waals surface area contributed by atoms with Gasteiger partial charge in [-0.1, -0.05) is 46.3 Å². The minimum Gasteiger partial charge on any atom is -0.503 e. The monoisotopic (exact) mass is 531 g/mol. The Balaban J connectivity index is 1.65. The van der Waals surface area contributed by atoms with Crippen LogP contribution >= 0.6 is 15.9 Å². The Kier molecular flexibility index (Phi) is 5.94. The van der Waals surface area contributed by atoms with Crippen LogP contribution in [0.15, 0.2) is 93.0 Å². The molecule has 0 saturated heterocycles. The highest BCUT2D eigenvalue weighted by Crippen LogP contribution is 2.43. The number of furan rings is 1. The molecule has 3 aromatic carbocycles. The number of anilines is 1. The Morgan fingerprint density at radius 2 is 1.83 bits per heavy atom. The van der Waals surface area contributed by atoms with E-state index in [0.717, 1.165) is 15.4 Å². The molecule has 0 radical (unpaired) electrons. The highest BCUT2D eigenvalue weighted by molar-refractivity contribution is 9.10. The normalized spacial score (nSPS) is 15.8. The fourth-order valence-corrected chi connectivity index (χ4v) is 4.79. The number of rotatable bonds is 6. The van der Waals surface area contributed by atoms with Crippen LogP contribution in [0.25, 0.3) is 11.0 Å². The van der Waals surface area contributed by atoms with Crippen molar-refractivity contribution < 1.29 is 23.8 Å². The molecule has 0 spiro atoms. The summed E-state index contributed by atoms with van der Waals surface area (Å²) in [7, 11) is 0. The third-order valence-electron chi connectivity index (χ3n) is 6.04. The molecule has 1 atom stereocenters. The van der Waals surface area contributed by atoms with E-state index in [2.05, 4.69) is 15.9 Å². The predicted molar refractivity (Wildman–Crippen MR) is 137 cm³/mol. The zero-order valence-corrected chi connectivity index (χ0v) is 20.7. The van der Waals surface area contributed by atoms with Gasteiger partial charge < -0.3 is 14.3 Å². The predicted octanol–water partition coefficient (Wildman–Crippen LogP) is 6.69. The number of aliphatic hydroxyl groups excluding tert-OH is 1. The number of aryl methyl sites for hydroxylation is 1. The molecular weight excluding hydrogens is 510 g/mol. The Morgan fingerprint density at radius 1 is 1.09 bits per heavy atom. The molecule has 1 aliphatic heterocycles. The molecule has 1 unspecified atom stereocenters. The lowest BCUT2D eigenvalue weighted by Crippen LogP contribution is -2.31.